The standard InChI is InChI=1S/C13H13N3O4S/c1-2-8-21(19,20)15-12-11(13(17)18)9-14-16(12)10-6-4-3-5-7-10/h2-7,9,15H,1,8H2,(H,17,18). The highest BCUT2D eigenvalue weighted by atomic mass is 32.2. The molecular formula is C13H13N3O4S. The van der Waals surface area contributed by atoms with Crippen LogP contribution in [0.1, 0.15) is 10.4 Å². The molecular weight excluding hydrogens is 294 g/mol. The predicted octanol–water partition coefficient (Wildman–Crippen LogP) is 1.50. The fourth-order valence-corrected chi connectivity index (χ4v) is 2.60. The van der Waals surface area contributed by atoms with E-state index in [1.807, 2.05) is 0 Å². The molecule has 0 fully saturated rings. The van der Waals surface area contributed by atoms with Crippen LogP contribution in [-0.2, 0) is 10.0 Å². The van der Waals surface area contributed by atoms with Crippen LogP contribution in [0.5, 0.6) is 0 Å². The number of sulfonamides is 1. The van der Waals surface area contributed by atoms with Crippen LogP contribution in [0.15, 0.2) is 49.2 Å². The van der Waals surface area contributed by atoms with E-state index in [1.54, 1.807) is 30.3 Å². The maximum atomic E-state index is 11.8. The van der Waals surface area contributed by atoms with Crippen molar-refractivity contribution >= 4 is 21.8 Å². The molecule has 0 atom stereocenters. The van der Waals surface area contributed by atoms with Crippen molar-refractivity contribution in [2.24, 2.45) is 0 Å². The van der Waals surface area contributed by atoms with Gasteiger partial charge in [-0.15, -0.1) is 6.58 Å². The summed E-state index contributed by atoms with van der Waals surface area (Å²) in [6.07, 6.45) is 2.31. The molecule has 0 amide bonds. The van der Waals surface area contributed by atoms with Crippen molar-refractivity contribution in [2.75, 3.05) is 10.5 Å². The number of benzene rings is 1. The Hall–Kier alpha value is -2.61. The van der Waals surface area contributed by atoms with Crippen molar-refractivity contribution in [2.45, 2.75) is 0 Å². The maximum absolute atomic E-state index is 11.8. The van der Waals surface area contributed by atoms with Crippen molar-refractivity contribution in [1.29, 1.82) is 0 Å². The summed E-state index contributed by atoms with van der Waals surface area (Å²) in [4.78, 5) is 11.2. The molecule has 1 aromatic carbocycles. The second-order valence-electron chi connectivity index (χ2n) is 4.13. The van der Waals surface area contributed by atoms with Gasteiger partial charge in [0.15, 0.2) is 5.82 Å². The van der Waals surface area contributed by atoms with Gasteiger partial charge in [0.2, 0.25) is 10.0 Å². The molecule has 2 aromatic rings. The zero-order valence-corrected chi connectivity index (χ0v) is 11.7. The minimum absolute atomic E-state index is 0.115. The number of aromatic carboxylic acids is 1. The molecule has 0 saturated carbocycles. The van der Waals surface area contributed by atoms with Crippen molar-refractivity contribution in [3.05, 3.63) is 54.7 Å². The molecule has 0 aliphatic carbocycles. The molecule has 2 N–H and O–H groups in total. The third-order valence-electron chi connectivity index (χ3n) is 2.59. The Morgan fingerprint density at radius 2 is 2.05 bits per heavy atom. The molecule has 1 heterocycles. The van der Waals surface area contributed by atoms with Crippen LogP contribution < -0.4 is 4.72 Å². The molecule has 21 heavy (non-hydrogen) atoms. The lowest BCUT2D eigenvalue weighted by Gasteiger charge is -2.10. The van der Waals surface area contributed by atoms with Gasteiger partial charge in [-0.3, -0.25) is 4.72 Å². The van der Waals surface area contributed by atoms with Crippen LogP contribution in [0, 0.1) is 0 Å². The fourth-order valence-electron chi connectivity index (χ4n) is 1.71. The first-order chi connectivity index (χ1) is 9.94. The Labute approximate surface area is 121 Å². The minimum Gasteiger partial charge on any atom is -0.477 e. The number of nitrogens with zero attached hydrogens (tertiary/aromatic N) is 2. The first kappa shape index (κ1) is 14.8. The molecule has 0 radical (unpaired) electrons. The molecule has 0 aliphatic rings. The Balaban J connectivity index is 2.54. The zero-order valence-electron chi connectivity index (χ0n) is 10.9. The van der Waals surface area contributed by atoms with E-state index in [-0.39, 0.29) is 17.1 Å². The number of para-hydroxylation sites is 1. The summed E-state index contributed by atoms with van der Waals surface area (Å²) in [6, 6.07) is 8.62. The van der Waals surface area contributed by atoms with Crippen LogP contribution in [-0.4, -0.2) is 35.0 Å². The summed E-state index contributed by atoms with van der Waals surface area (Å²) >= 11 is 0. The number of hydrogen-bond donors (Lipinski definition) is 2. The van der Waals surface area contributed by atoms with Gasteiger partial charge in [0.25, 0.3) is 0 Å². The van der Waals surface area contributed by atoms with Crippen molar-refractivity contribution in [1.82, 2.24) is 9.78 Å². The highest BCUT2D eigenvalue weighted by molar-refractivity contribution is 7.92. The predicted molar refractivity (Wildman–Crippen MR) is 78.1 cm³/mol. The second-order valence-corrected chi connectivity index (χ2v) is 5.90. The number of anilines is 1. The Bertz CT molecular complexity index is 766. The first-order valence-electron chi connectivity index (χ1n) is 5.93. The van der Waals surface area contributed by atoms with E-state index < -0.39 is 16.0 Å². The highest BCUT2D eigenvalue weighted by Gasteiger charge is 2.21. The molecule has 1 aromatic heterocycles. The van der Waals surface area contributed by atoms with E-state index >= 15 is 0 Å². The topological polar surface area (TPSA) is 101 Å². The largest absolute Gasteiger partial charge is 0.477 e. The molecule has 0 aliphatic heterocycles. The molecule has 0 unspecified atom stereocenters. The fraction of sp³-hybridized carbons (Fsp3) is 0.0769. The first-order valence-corrected chi connectivity index (χ1v) is 7.58. The molecule has 110 valence electrons. The summed E-state index contributed by atoms with van der Waals surface area (Å²) in [7, 11) is -3.73. The van der Waals surface area contributed by atoms with Crippen LogP contribution in [0.25, 0.3) is 5.69 Å². The summed E-state index contributed by atoms with van der Waals surface area (Å²) in [6.45, 7) is 3.36. The van der Waals surface area contributed by atoms with Crippen LogP contribution in [0.3, 0.4) is 0 Å². The lowest BCUT2D eigenvalue weighted by molar-refractivity contribution is 0.0698. The van der Waals surface area contributed by atoms with Gasteiger partial charge < -0.3 is 5.11 Å². The Morgan fingerprint density at radius 1 is 1.38 bits per heavy atom. The average molecular weight is 307 g/mol. The van der Waals surface area contributed by atoms with Crippen LogP contribution in [0.4, 0.5) is 5.82 Å². The quantitative estimate of drug-likeness (QED) is 0.787. The molecule has 7 nitrogen and oxygen atoms in total. The second kappa shape index (κ2) is 5.80. The van der Waals surface area contributed by atoms with Crippen molar-refractivity contribution in [3.63, 3.8) is 0 Å². The van der Waals surface area contributed by atoms with Gasteiger partial charge in [0.1, 0.15) is 5.56 Å². The molecule has 8 heteroatoms. The highest BCUT2D eigenvalue weighted by Crippen LogP contribution is 2.21. The van der Waals surface area contributed by atoms with E-state index in [9.17, 15) is 13.2 Å². The number of rotatable bonds is 6. The van der Waals surface area contributed by atoms with E-state index in [2.05, 4.69) is 16.4 Å². The summed E-state index contributed by atoms with van der Waals surface area (Å²) in [5, 5.41) is 13.1. The van der Waals surface area contributed by atoms with Crippen molar-refractivity contribution < 1.29 is 18.3 Å². The minimum atomic E-state index is -3.73. The van der Waals surface area contributed by atoms with Gasteiger partial charge in [-0.25, -0.2) is 17.9 Å². The third kappa shape index (κ3) is 3.29. The van der Waals surface area contributed by atoms with Crippen LogP contribution >= 0.6 is 0 Å². The SMILES string of the molecule is C=CCS(=O)(=O)Nc1c(C(=O)O)cnn1-c1ccccc1. The molecule has 2 rings (SSSR count). The lowest BCUT2D eigenvalue weighted by Crippen LogP contribution is -2.19. The monoisotopic (exact) mass is 307 g/mol. The number of carboxylic acid groups (broad SMARTS) is 1. The van der Waals surface area contributed by atoms with E-state index in [0.717, 1.165) is 6.20 Å². The van der Waals surface area contributed by atoms with E-state index in [1.165, 1.54) is 10.8 Å². The number of carbonyl (C=O) groups is 1. The number of nitrogens with one attached hydrogen (secondary N) is 1. The Kier molecular flexibility index (Phi) is 4.08. The van der Waals surface area contributed by atoms with Gasteiger partial charge in [0, 0.05) is 0 Å². The lowest BCUT2D eigenvalue weighted by atomic mass is 10.3. The number of aromatic nitrogens is 2. The van der Waals surface area contributed by atoms with E-state index in [0.29, 0.717) is 5.69 Å². The summed E-state index contributed by atoms with van der Waals surface area (Å²) in [5.74, 6) is -1.71. The number of carboxylic acids is 1. The normalized spacial score (nSPS) is 11.0. The van der Waals surface area contributed by atoms with Crippen LogP contribution in [0.2, 0.25) is 0 Å². The molecule has 0 spiro atoms. The summed E-state index contributed by atoms with van der Waals surface area (Å²) < 4.78 is 27.1. The number of hydrogen-bond acceptors (Lipinski definition) is 4. The van der Waals surface area contributed by atoms with E-state index in [4.69, 9.17) is 5.11 Å². The molecule has 0 bridgehead atoms. The zero-order chi connectivity index (χ0) is 15.5. The van der Waals surface area contributed by atoms with Gasteiger partial charge in [-0.1, -0.05) is 24.3 Å². The Morgan fingerprint density at radius 3 is 2.62 bits per heavy atom. The maximum Gasteiger partial charge on any atom is 0.341 e. The summed E-state index contributed by atoms with van der Waals surface area (Å²) in [5.41, 5.74) is 0.313. The average Bonchev–Trinajstić information content (AvgIpc) is 2.82. The smallest absolute Gasteiger partial charge is 0.341 e. The van der Waals surface area contributed by atoms with Gasteiger partial charge >= 0.3 is 5.97 Å². The van der Waals surface area contributed by atoms with Gasteiger partial charge in [-0.05, 0) is 12.1 Å². The van der Waals surface area contributed by atoms with Gasteiger partial charge in [-0.2, -0.15) is 5.10 Å². The third-order valence-corrected chi connectivity index (χ3v) is 3.77. The van der Waals surface area contributed by atoms with Crippen molar-refractivity contribution in [3.8, 4) is 5.69 Å². The molecule has 0 saturated heterocycles. The van der Waals surface area contributed by atoms with Gasteiger partial charge in [0.05, 0.1) is 17.6 Å².